The number of unbranched alkanes of at least 4 members (excludes halogenated alkanes) is 8. The molecule has 8 heteroatoms. The van der Waals surface area contributed by atoms with E-state index in [-0.39, 0.29) is 36.9 Å². The van der Waals surface area contributed by atoms with Crippen LogP contribution in [0.15, 0.2) is 24.3 Å². The summed E-state index contributed by atoms with van der Waals surface area (Å²) in [4.78, 5) is 40.2. The lowest BCUT2D eigenvalue weighted by Crippen LogP contribution is -2.62. The average Bonchev–Trinajstić information content (AvgIpc) is 2.97. The second-order valence-electron chi connectivity index (χ2n) is 13.9. The van der Waals surface area contributed by atoms with Crippen LogP contribution < -0.4 is 5.32 Å². The van der Waals surface area contributed by atoms with Gasteiger partial charge in [-0.25, -0.2) is 0 Å². The van der Waals surface area contributed by atoms with E-state index in [4.69, 9.17) is 9.47 Å². The quantitative estimate of drug-likeness (QED) is 0.107. The molecular formula is C36H62N2O6. The molecule has 0 aromatic carbocycles. The van der Waals surface area contributed by atoms with Crippen molar-refractivity contribution in [2.45, 2.75) is 168 Å². The molecule has 44 heavy (non-hydrogen) atoms. The molecule has 252 valence electrons. The molecule has 0 spiro atoms. The third kappa shape index (κ3) is 14.3. The van der Waals surface area contributed by atoms with Gasteiger partial charge in [0.05, 0.1) is 19.1 Å². The Morgan fingerprint density at radius 1 is 0.864 bits per heavy atom. The van der Waals surface area contributed by atoms with Gasteiger partial charge in [0, 0.05) is 24.4 Å². The average molecular weight is 619 g/mol. The summed E-state index contributed by atoms with van der Waals surface area (Å²) in [7, 11) is 0. The number of allylic oxidation sites excluding steroid dienone is 4. The number of hydrogen-bond acceptors (Lipinski definition) is 5. The smallest absolute Gasteiger partial charge is 0.305 e. The Morgan fingerprint density at radius 2 is 1.50 bits per heavy atom. The van der Waals surface area contributed by atoms with Gasteiger partial charge in [-0.1, -0.05) is 90.0 Å². The Kier molecular flexibility index (Phi) is 17.3. The Balaban J connectivity index is 1.80. The van der Waals surface area contributed by atoms with E-state index < -0.39 is 23.3 Å². The number of carbonyl (C=O) groups excluding carboxylic acids is 2. The number of aliphatic carboxylic acids is 1. The fourth-order valence-electron chi connectivity index (χ4n) is 6.13. The molecular weight excluding hydrogens is 556 g/mol. The number of carboxylic acids is 1. The molecule has 1 heterocycles. The van der Waals surface area contributed by atoms with Crippen molar-refractivity contribution in [3.63, 3.8) is 0 Å². The lowest BCUT2D eigenvalue weighted by molar-refractivity contribution is -0.306. The Labute approximate surface area is 267 Å². The van der Waals surface area contributed by atoms with Crippen molar-refractivity contribution in [3.05, 3.63) is 24.3 Å². The molecule has 1 saturated heterocycles. The number of amides is 2. The van der Waals surface area contributed by atoms with E-state index in [0.29, 0.717) is 13.0 Å². The number of carboxylic acid groups (broad SMARTS) is 1. The molecule has 3 atom stereocenters. The zero-order valence-corrected chi connectivity index (χ0v) is 28.4. The van der Waals surface area contributed by atoms with Crippen molar-refractivity contribution in [2.75, 3.05) is 13.2 Å². The monoisotopic (exact) mass is 618 g/mol. The zero-order valence-electron chi connectivity index (χ0n) is 28.4. The number of rotatable bonds is 20. The zero-order chi connectivity index (χ0) is 32.4. The van der Waals surface area contributed by atoms with Gasteiger partial charge in [-0.2, -0.15) is 0 Å². The van der Waals surface area contributed by atoms with E-state index in [1.807, 2.05) is 13.8 Å². The third-order valence-electron chi connectivity index (χ3n) is 8.81. The predicted octanol–water partition coefficient (Wildman–Crippen LogP) is 7.71. The van der Waals surface area contributed by atoms with Gasteiger partial charge in [0.2, 0.25) is 5.91 Å². The highest BCUT2D eigenvalue weighted by molar-refractivity contribution is 5.83. The number of hydrogen-bond donors (Lipinski definition) is 2. The maximum atomic E-state index is 14.0. The minimum absolute atomic E-state index is 0.0157. The van der Waals surface area contributed by atoms with Gasteiger partial charge in [0.1, 0.15) is 6.10 Å². The van der Waals surface area contributed by atoms with Gasteiger partial charge in [-0.15, -0.1) is 0 Å². The summed E-state index contributed by atoms with van der Waals surface area (Å²) in [5.74, 6) is -2.06. The third-order valence-corrected chi connectivity index (χ3v) is 8.81. The molecule has 1 saturated carbocycles. The molecule has 2 aliphatic rings. The molecule has 8 nitrogen and oxygen atoms in total. The van der Waals surface area contributed by atoms with Gasteiger partial charge in [0.25, 0.3) is 5.91 Å². The van der Waals surface area contributed by atoms with Crippen molar-refractivity contribution < 1.29 is 29.0 Å². The van der Waals surface area contributed by atoms with Gasteiger partial charge < -0.3 is 24.8 Å². The van der Waals surface area contributed by atoms with Crippen LogP contribution in [0.25, 0.3) is 0 Å². The van der Waals surface area contributed by atoms with Crippen molar-refractivity contribution in [2.24, 2.45) is 5.41 Å². The standard InChI is InChI=1S/C36H62N2O6/c1-6-7-8-9-10-11-12-13-14-15-16-17-18-19-20-25-31(39)37-29-23-21-22-24-30(29)38(27-26-32(40)41)34(42)33-35(2,3)28-43-36(4,5)44-33/h10-11,13-14,29-30,33H,6-9,12,15-28H2,1-5H3,(H,37,39)(H,40,41)/b11-10-,14-13-/t29-,30-,33?/m0/s1. The highest BCUT2D eigenvalue weighted by Crippen LogP contribution is 2.37. The molecule has 1 unspecified atom stereocenters. The first kappa shape index (κ1) is 38.0. The first-order chi connectivity index (χ1) is 21.0. The number of nitrogens with one attached hydrogen (secondary N) is 1. The van der Waals surface area contributed by atoms with Crippen LogP contribution >= 0.6 is 0 Å². The molecule has 2 N–H and O–H groups in total. The first-order valence-electron chi connectivity index (χ1n) is 17.4. The largest absolute Gasteiger partial charge is 0.481 e. The molecule has 0 aromatic rings. The number of nitrogens with zero attached hydrogens (tertiary/aromatic N) is 1. The molecule has 2 rings (SSSR count). The fraction of sp³-hybridized carbons (Fsp3) is 0.806. The number of ether oxygens (including phenoxy) is 2. The molecule has 2 fully saturated rings. The maximum Gasteiger partial charge on any atom is 0.305 e. The van der Waals surface area contributed by atoms with Crippen LogP contribution in [0.2, 0.25) is 0 Å². The van der Waals surface area contributed by atoms with E-state index in [1.54, 1.807) is 18.7 Å². The molecule has 2 amide bonds. The molecule has 0 radical (unpaired) electrons. The number of carbonyl (C=O) groups is 3. The van der Waals surface area contributed by atoms with Crippen molar-refractivity contribution in [3.8, 4) is 0 Å². The second-order valence-corrected chi connectivity index (χ2v) is 13.9. The van der Waals surface area contributed by atoms with Crippen molar-refractivity contribution >= 4 is 17.8 Å². The molecule has 0 bridgehead atoms. The Bertz CT molecular complexity index is 928. The van der Waals surface area contributed by atoms with E-state index in [1.165, 1.54) is 38.5 Å². The summed E-state index contributed by atoms with van der Waals surface area (Å²) in [6.07, 6.45) is 24.6. The van der Waals surface area contributed by atoms with Crippen molar-refractivity contribution in [1.82, 2.24) is 10.2 Å². The minimum atomic E-state index is -0.951. The summed E-state index contributed by atoms with van der Waals surface area (Å²) in [6.45, 7) is 10.1. The second kappa shape index (κ2) is 20.0. The topological polar surface area (TPSA) is 105 Å². The van der Waals surface area contributed by atoms with Crippen LogP contribution in [-0.2, 0) is 23.9 Å². The summed E-state index contributed by atoms with van der Waals surface area (Å²) >= 11 is 0. The minimum Gasteiger partial charge on any atom is -0.481 e. The normalized spacial score (nSPS) is 23.2. The molecule has 0 aromatic heterocycles. The van der Waals surface area contributed by atoms with Crippen molar-refractivity contribution in [1.29, 1.82) is 0 Å². The Morgan fingerprint density at radius 3 is 2.18 bits per heavy atom. The van der Waals surface area contributed by atoms with Gasteiger partial charge in [0.15, 0.2) is 5.79 Å². The van der Waals surface area contributed by atoms with E-state index in [2.05, 4.69) is 36.5 Å². The SMILES string of the molecule is CCCCC/C=C\C/C=C\CCCCCCCC(=O)N[C@H]1CCCC[C@@H]1N(CCC(=O)O)C(=O)C1OC(C)(C)OCC1(C)C. The Hall–Kier alpha value is -2.19. The van der Waals surface area contributed by atoms with E-state index >= 15 is 0 Å². The van der Waals surface area contributed by atoms with Gasteiger partial charge in [-0.05, 0) is 65.2 Å². The van der Waals surface area contributed by atoms with Crippen LogP contribution in [0.1, 0.15) is 144 Å². The summed E-state index contributed by atoms with van der Waals surface area (Å²) < 4.78 is 11.9. The lowest BCUT2D eigenvalue weighted by Gasteiger charge is -2.48. The van der Waals surface area contributed by atoms with Crippen LogP contribution in [0, 0.1) is 5.41 Å². The lowest BCUT2D eigenvalue weighted by atomic mass is 9.83. The van der Waals surface area contributed by atoms with Crippen LogP contribution in [0.4, 0.5) is 0 Å². The first-order valence-corrected chi connectivity index (χ1v) is 17.4. The van der Waals surface area contributed by atoms with Crippen LogP contribution in [0.3, 0.4) is 0 Å². The maximum absolute atomic E-state index is 14.0. The fourth-order valence-corrected chi connectivity index (χ4v) is 6.13. The summed E-state index contributed by atoms with van der Waals surface area (Å²) in [5.41, 5.74) is -0.567. The van der Waals surface area contributed by atoms with Crippen LogP contribution in [-0.4, -0.2) is 64.9 Å². The van der Waals surface area contributed by atoms with Gasteiger partial charge >= 0.3 is 5.97 Å². The molecule has 1 aliphatic heterocycles. The highest BCUT2D eigenvalue weighted by Gasteiger charge is 2.48. The highest BCUT2D eigenvalue weighted by atomic mass is 16.7. The van der Waals surface area contributed by atoms with Crippen LogP contribution in [0.5, 0.6) is 0 Å². The van der Waals surface area contributed by atoms with E-state index in [0.717, 1.165) is 57.8 Å². The summed E-state index contributed by atoms with van der Waals surface area (Å²) in [5, 5.41) is 12.7. The van der Waals surface area contributed by atoms with E-state index in [9.17, 15) is 19.5 Å². The predicted molar refractivity (Wildman–Crippen MR) is 176 cm³/mol. The molecule has 1 aliphatic carbocycles. The summed E-state index contributed by atoms with van der Waals surface area (Å²) in [6, 6.07) is -0.447. The van der Waals surface area contributed by atoms with Gasteiger partial charge in [-0.3, -0.25) is 14.4 Å².